The zero-order valence-electron chi connectivity index (χ0n) is 16.6. The standard InChI is InChI=1S/C21H25FN4O2/c1-5-13(2)24-18(27)9-10-25-12-23-20-19(21(25)28)14(3)15(4)26(20)17-8-6-7-16(22)11-17/h6-8,11-13H,5,9-10H2,1-4H3,(H,24,27)/t13-/m1/s1. The molecule has 6 nitrogen and oxygen atoms in total. The van der Waals surface area contributed by atoms with Crippen LogP contribution in [-0.2, 0) is 11.3 Å². The molecule has 0 saturated heterocycles. The number of amides is 1. The van der Waals surface area contributed by atoms with E-state index in [0.29, 0.717) is 16.7 Å². The van der Waals surface area contributed by atoms with E-state index in [1.54, 1.807) is 16.7 Å². The molecule has 0 unspecified atom stereocenters. The van der Waals surface area contributed by atoms with Crippen molar-refractivity contribution in [2.45, 2.75) is 53.1 Å². The number of fused-ring (bicyclic) bond motifs is 1. The van der Waals surface area contributed by atoms with Gasteiger partial charge in [-0.2, -0.15) is 0 Å². The van der Waals surface area contributed by atoms with Crippen LogP contribution in [0.25, 0.3) is 16.7 Å². The number of halogens is 1. The fourth-order valence-corrected chi connectivity index (χ4v) is 3.25. The molecule has 0 aliphatic heterocycles. The summed E-state index contributed by atoms with van der Waals surface area (Å²) in [5.74, 6) is -0.441. The van der Waals surface area contributed by atoms with E-state index in [2.05, 4.69) is 10.3 Å². The third-order valence-electron chi connectivity index (χ3n) is 5.15. The molecular weight excluding hydrogens is 359 g/mol. The van der Waals surface area contributed by atoms with Gasteiger partial charge in [0.2, 0.25) is 5.91 Å². The first-order valence-corrected chi connectivity index (χ1v) is 9.45. The van der Waals surface area contributed by atoms with Gasteiger partial charge >= 0.3 is 0 Å². The lowest BCUT2D eigenvalue weighted by Crippen LogP contribution is -2.33. The number of aromatic nitrogens is 3. The number of nitrogens with zero attached hydrogens (tertiary/aromatic N) is 3. The van der Waals surface area contributed by atoms with E-state index in [-0.39, 0.29) is 36.3 Å². The van der Waals surface area contributed by atoms with Crippen LogP contribution in [0.5, 0.6) is 0 Å². The molecule has 7 heteroatoms. The highest BCUT2D eigenvalue weighted by Gasteiger charge is 2.18. The van der Waals surface area contributed by atoms with Crippen LogP contribution in [0.15, 0.2) is 35.4 Å². The molecule has 3 aromatic rings. The first kappa shape index (κ1) is 19.8. The average molecular weight is 384 g/mol. The molecule has 1 aromatic carbocycles. The summed E-state index contributed by atoms with van der Waals surface area (Å²) in [4.78, 5) is 29.5. The number of hydrogen-bond donors (Lipinski definition) is 1. The molecule has 0 radical (unpaired) electrons. The first-order valence-electron chi connectivity index (χ1n) is 9.45. The van der Waals surface area contributed by atoms with E-state index in [4.69, 9.17) is 0 Å². The molecule has 1 amide bonds. The highest BCUT2D eigenvalue weighted by Crippen LogP contribution is 2.25. The zero-order chi connectivity index (χ0) is 20.4. The molecular formula is C21H25FN4O2. The van der Waals surface area contributed by atoms with Crippen LogP contribution >= 0.6 is 0 Å². The number of rotatable bonds is 6. The topological polar surface area (TPSA) is 68.9 Å². The van der Waals surface area contributed by atoms with Gasteiger partial charge in [-0.25, -0.2) is 9.37 Å². The maximum atomic E-state index is 13.7. The highest BCUT2D eigenvalue weighted by atomic mass is 19.1. The van der Waals surface area contributed by atoms with Crippen molar-refractivity contribution < 1.29 is 9.18 Å². The molecule has 148 valence electrons. The van der Waals surface area contributed by atoms with Crippen LogP contribution < -0.4 is 10.9 Å². The Morgan fingerprint density at radius 1 is 1.32 bits per heavy atom. The molecule has 0 saturated carbocycles. The summed E-state index contributed by atoms with van der Waals surface area (Å²) < 4.78 is 16.9. The van der Waals surface area contributed by atoms with E-state index >= 15 is 0 Å². The lowest BCUT2D eigenvalue weighted by Gasteiger charge is -2.12. The number of benzene rings is 1. The van der Waals surface area contributed by atoms with Crippen molar-refractivity contribution >= 4 is 16.9 Å². The fraction of sp³-hybridized carbons (Fsp3) is 0.381. The van der Waals surface area contributed by atoms with Gasteiger partial charge < -0.3 is 5.32 Å². The summed E-state index contributed by atoms with van der Waals surface area (Å²) in [6.07, 6.45) is 2.52. The number of nitrogens with one attached hydrogen (secondary N) is 1. The molecule has 1 atom stereocenters. The van der Waals surface area contributed by atoms with Crippen molar-refractivity contribution in [1.29, 1.82) is 0 Å². The van der Waals surface area contributed by atoms with Crippen molar-refractivity contribution in [3.05, 3.63) is 58.0 Å². The first-order chi connectivity index (χ1) is 13.3. The summed E-state index contributed by atoms with van der Waals surface area (Å²) in [5, 5.41) is 3.39. The quantitative estimate of drug-likeness (QED) is 0.709. The van der Waals surface area contributed by atoms with Gasteiger partial charge in [-0.05, 0) is 51.0 Å². The van der Waals surface area contributed by atoms with Crippen LogP contribution in [-0.4, -0.2) is 26.1 Å². The summed E-state index contributed by atoms with van der Waals surface area (Å²) >= 11 is 0. The lowest BCUT2D eigenvalue weighted by atomic mass is 10.2. The minimum atomic E-state index is -0.350. The molecule has 0 bridgehead atoms. The smallest absolute Gasteiger partial charge is 0.263 e. The van der Waals surface area contributed by atoms with Gasteiger partial charge in [0.15, 0.2) is 5.65 Å². The number of carbonyl (C=O) groups excluding carboxylic acids is 1. The largest absolute Gasteiger partial charge is 0.354 e. The molecule has 0 aliphatic rings. The molecule has 0 fully saturated rings. The van der Waals surface area contributed by atoms with Gasteiger partial charge in [0.25, 0.3) is 5.56 Å². The van der Waals surface area contributed by atoms with E-state index in [1.165, 1.54) is 23.0 Å². The Morgan fingerprint density at radius 2 is 2.07 bits per heavy atom. The second kappa shape index (κ2) is 7.96. The number of hydrogen-bond acceptors (Lipinski definition) is 3. The Hall–Kier alpha value is -2.96. The van der Waals surface area contributed by atoms with Crippen molar-refractivity contribution in [3.63, 3.8) is 0 Å². The minimum absolute atomic E-state index is 0.0911. The van der Waals surface area contributed by atoms with E-state index in [1.807, 2.05) is 27.7 Å². The normalized spacial score (nSPS) is 12.3. The number of carbonyl (C=O) groups is 1. The third kappa shape index (κ3) is 3.69. The Bertz CT molecular complexity index is 1080. The summed E-state index contributed by atoms with van der Waals surface area (Å²) in [6.45, 7) is 7.94. The van der Waals surface area contributed by atoms with E-state index < -0.39 is 0 Å². The third-order valence-corrected chi connectivity index (χ3v) is 5.15. The second-order valence-electron chi connectivity index (χ2n) is 7.09. The van der Waals surface area contributed by atoms with Gasteiger partial charge in [0, 0.05) is 24.7 Å². The van der Waals surface area contributed by atoms with Crippen molar-refractivity contribution in [3.8, 4) is 5.69 Å². The fourth-order valence-electron chi connectivity index (χ4n) is 3.25. The molecule has 0 aliphatic carbocycles. The average Bonchev–Trinajstić information content (AvgIpc) is 2.92. The summed E-state index contributed by atoms with van der Waals surface area (Å²) in [6, 6.07) is 6.31. The molecule has 0 spiro atoms. The van der Waals surface area contributed by atoms with Gasteiger partial charge in [-0.1, -0.05) is 13.0 Å². The van der Waals surface area contributed by atoms with Crippen LogP contribution in [0.3, 0.4) is 0 Å². The molecule has 3 rings (SSSR count). The zero-order valence-corrected chi connectivity index (χ0v) is 16.6. The predicted molar refractivity (Wildman–Crippen MR) is 107 cm³/mol. The second-order valence-corrected chi connectivity index (χ2v) is 7.09. The van der Waals surface area contributed by atoms with Gasteiger partial charge in [-0.15, -0.1) is 0 Å². The number of aryl methyl sites for hydroxylation is 2. The van der Waals surface area contributed by atoms with Crippen LogP contribution in [0, 0.1) is 19.7 Å². The Kier molecular flexibility index (Phi) is 5.63. The molecule has 1 N–H and O–H groups in total. The minimum Gasteiger partial charge on any atom is -0.354 e. The highest BCUT2D eigenvalue weighted by molar-refractivity contribution is 5.83. The Balaban J connectivity index is 1.98. The summed E-state index contributed by atoms with van der Waals surface area (Å²) in [5.41, 5.74) is 2.55. The van der Waals surface area contributed by atoms with Crippen molar-refractivity contribution in [1.82, 2.24) is 19.4 Å². The van der Waals surface area contributed by atoms with E-state index in [9.17, 15) is 14.0 Å². The van der Waals surface area contributed by atoms with Crippen molar-refractivity contribution in [2.75, 3.05) is 0 Å². The van der Waals surface area contributed by atoms with Crippen molar-refractivity contribution in [2.24, 2.45) is 0 Å². The predicted octanol–water partition coefficient (Wildman–Crippen LogP) is 3.25. The Morgan fingerprint density at radius 3 is 2.75 bits per heavy atom. The molecule has 2 aromatic heterocycles. The van der Waals surface area contributed by atoms with Crippen LogP contribution in [0.2, 0.25) is 0 Å². The van der Waals surface area contributed by atoms with Gasteiger partial charge in [0.05, 0.1) is 17.4 Å². The van der Waals surface area contributed by atoms with E-state index in [0.717, 1.165) is 17.7 Å². The van der Waals surface area contributed by atoms with Gasteiger partial charge in [0.1, 0.15) is 5.82 Å². The van der Waals surface area contributed by atoms with Gasteiger partial charge in [-0.3, -0.25) is 18.7 Å². The Labute approximate surface area is 163 Å². The maximum Gasteiger partial charge on any atom is 0.263 e. The van der Waals surface area contributed by atoms with Crippen LogP contribution in [0.1, 0.15) is 37.9 Å². The summed E-state index contributed by atoms with van der Waals surface area (Å²) in [7, 11) is 0. The SMILES string of the molecule is CC[C@@H](C)NC(=O)CCn1cnc2c(c(C)c(C)n2-c2cccc(F)c2)c1=O. The lowest BCUT2D eigenvalue weighted by molar-refractivity contribution is -0.121. The maximum absolute atomic E-state index is 13.7. The molecule has 28 heavy (non-hydrogen) atoms. The van der Waals surface area contributed by atoms with Crippen LogP contribution in [0.4, 0.5) is 4.39 Å². The molecule has 2 heterocycles. The monoisotopic (exact) mass is 384 g/mol.